The molecule has 0 unspecified atom stereocenters. The summed E-state index contributed by atoms with van der Waals surface area (Å²) in [4.78, 5) is 9.67. The molecule has 0 aromatic heterocycles. The van der Waals surface area contributed by atoms with E-state index >= 15 is 0 Å². The maximum absolute atomic E-state index is 9.67. The topological polar surface area (TPSA) is 49.3 Å². The SMILES string of the molecule is CCC=CC(=O)O.CNC. The summed E-state index contributed by atoms with van der Waals surface area (Å²) in [7, 11) is 3.75. The fraction of sp³-hybridized carbons (Fsp3) is 0.571. The van der Waals surface area contributed by atoms with E-state index in [4.69, 9.17) is 5.11 Å². The minimum Gasteiger partial charge on any atom is -0.478 e. The van der Waals surface area contributed by atoms with Crippen LogP contribution in [0.3, 0.4) is 0 Å². The molecule has 0 saturated heterocycles. The molecule has 3 heteroatoms. The van der Waals surface area contributed by atoms with Gasteiger partial charge in [-0.25, -0.2) is 4.79 Å². The van der Waals surface area contributed by atoms with Gasteiger partial charge in [-0.1, -0.05) is 13.0 Å². The highest BCUT2D eigenvalue weighted by Gasteiger charge is 1.79. The van der Waals surface area contributed by atoms with Gasteiger partial charge in [0.05, 0.1) is 0 Å². The Balaban J connectivity index is 0. The van der Waals surface area contributed by atoms with Crippen LogP contribution in [-0.4, -0.2) is 25.2 Å². The number of carbonyl (C=O) groups is 1. The zero-order valence-corrected chi connectivity index (χ0v) is 6.72. The van der Waals surface area contributed by atoms with Crippen LogP contribution in [-0.2, 0) is 4.79 Å². The van der Waals surface area contributed by atoms with E-state index in [1.165, 1.54) is 0 Å². The zero-order valence-electron chi connectivity index (χ0n) is 6.72. The molecule has 0 aromatic carbocycles. The molecular weight excluding hydrogens is 130 g/mol. The predicted molar refractivity (Wildman–Crippen MR) is 42.1 cm³/mol. The number of nitrogens with one attached hydrogen (secondary N) is 1. The summed E-state index contributed by atoms with van der Waals surface area (Å²) < 4.78 is 0. The Morgan fingerprint density at radius 1 is 1.60 bits per heavy atom. The lowest BCUT2D eigenvalue weighted by Gasteiger charge is -1.73. The Morgan fingerprint density at radius 2 is 2.00 bits per heavy atom. The van der Waals surface area contributed by atoms with Crippen molar-refractivity contribution >= 4 is 5.97 Å². The molecule has 0 bridgehead atoms. The molecule has 0 radical (unpaired) electrons. The van der Waals surface area contributed by atoms with Crippen molar-refractivity contribution in [2.24, 2.45) is 0 Å². The second kappa shape index (κ2) is 11.0. The third-order valence-corrected chi connectivity index (χ3v) is 0.496. The molecule has 0 rings (SSSR count). The molecular formula is C7H15NO2. The van der Waals surface area contributed by atoms with Gasteiger partial charge >= 0.3 is 5.97 Å². The van der Waals surface area contributed by atoms with E-state index in [2.05, 4.69) is 5.32 Å². The van der Waals surface area contributed by atoms with Crippen molar-refractivity contribution in [2.45, 2.75) is 13.3 Å². The first kappa shape index (κ1) is 11.9. The minimum atomic E-state index is -0.873. The molecule has 10 heavy (non-hydrogen) atoms. The number of carboxylic acid groups (broad SMARTS) is 1. The standard InChI is InChI=1S/C5H8O2.C2H7N/c1-2-3-4-5(6)7;1-3-2/h3-4H,2H2,1H3,(H,6,7);3H,1-2H3. The third-order valence-electron chi connectivity index (χ3n) is 0.496. The number of allylic oxidation sites excluding steroid dienone is 1. The van der Waals surface area contributed by atoms with Gasteiger partial charge in [0.25, 0.3) is 0 Å². The summed E-state index contributed by atoms with van der Waals surface area (Å²) in [6.45, 7) is 1.89. The fourth-order valence-electron chi connectivity index (χ4n) is 0.219. The third kappa shape index (κ3) is 27.2. The van der Waals surface area contributed by atoms with E-state index in [-0.39, 0.29) is 0 Å². The highest BCUT2D eigenvalue weighted by molar-refractivity contribution is 5.79. The average molecular weight is 145 g/mol. The van der Waals surface area contributed by atoms with Crippen molar-refractivity contribution in [2.75, 3.05) is 14.1 Å². The normalized spacial score (nSPS) is 8.70. The first-order chi connectivity index (χ1) is 4.68. The molecule has 0 saturated carbocycles. The van der Waals surface area contributed by atoms with Crippen LogP contribution < -0.4 is 5.32 Å². The molecule has 2 N–H and O–H groups in total. The molecule has 0 amide bonds. The lowest BCUT2D eigenvalue weighted by atomic mass is 10.4. The molecule has 0 heterocycles. The van der Waals surface area contributed by atoms with Gasteiger partial charge in [-0.2, -0.15) is 0 Å². The first-order valence-electron chi connectivity index (χ1n) is 3.17. The van der Waals surface area contributed by atoms with E-state index in [9.17, 15) is 4.79 Å². The van der Waals surface area contributed by atoms with Crippen LogP contribution >= 0.6 is 0 Å². The van der Waals surface area contributed by atoms with E-state index in [0.29, 0.717) is 0 Å². The summed E-state index contributed by atoms with van der Waals surface area (Å²) in [6.07, 6.45) is 3.52. The van der Waals surface area contributed by atoms with Gasteiger partial charge in [-0.15, -0.1) is 0 Å². The van der Waals surface area contributed by atoms with Gasteiger partial charge in [0.1, 0.15) is 0 Å². The molecule has 0 aromatic rings. The monoisotopic (exact) mass is 145 g/mol. The number of hydrogen-bond acceptors (Lipinski definition) is 2. The summed E-state index contributed by atoms with van der Waals surface area (Å²) in [5.74, 6) is -0.873. The molecule has 60 valence electrons. The van der Waals surface area contributed by atoms with Gasteiger partial charge in [0.15, 0.2) is 0 Å². The van der Waals surface area contributed by atoms with E-state index in [1.54, 1.807) is 6.08 Å². The molecule has 0 aliphatic heterocycles. The maximum Gasteiger partial charge on any atom is 0.327 e. The summed E-state index contributed by atoms with van der Waals surface area (Å²) >= 11 is 0. The molecule has 0 spiro atoms. The summed E-state index contributed by atoms with van der Waals surface area (Å²) in [5, 5.41) is 10.7. The second-order valence-electron chi connectivity index (χ2n) is 1.65. The zero-order chi connectivity index (χ0) is 8.41. The van der Waals surface area contributed by atoms with Gasteiger partial charge < -0.3 is 10.4 Å². The fourth-order valence-corrected chi connectivity index (χ4v) is 0.219. The van der Waals surface area contributed by atoms with Crippen molar-refractivity contribution < 1.29 is 9.90 Å². The Labute approximate surface area is 61.8 Å². The number of aliphatic carboxylic acids is 1. The number of hydrogen-bond donors (Lipinski definition) is 2. The van der Waals surface area contributed by atoms with Crippen LogP contribution in [0.1, 0.15) is 13.3 Å². The largest absolute Gasteiger partial charge is 0.478 e. The van der Waals surface area contributed by atoms with E-state index in [0.717, 1.165) is 12.5 Å². The Kier molecular flexibility index (Phi) is 13.1. The van der Waals surface area contributed by atoms with Crippen molar-refractivity contribution in [1.82, 2.24) is 5.32 Å². The molecule has 3 nitrogen and oxygen atoms in total. The van der Waals surface area contributed by atoms with Crippen LogP contribution in [0.25, 0.3) is 0 Å². The van der Waals surface area contributed by atoms with E-state index < -0.39 is 5.97 Å². The second-order valence-corrected chi connectivity index (χ2v) is 1.65. The lowest BCUT2D eigenvalue weighted by Crippen LogP contribution is -1.89. The molecule has 0 aliphatic rings. The Morgan fingerprint density at radius 3 is 2.10 bits per heavy atom. The predicted octanol–water partition coefficient (Wildman–Crippen LogP) is 0.873. The lowest BCUT2D eigenvalue weighted by molar-refractivity contribution is -0.131. The summed E-state index contributed by atoms with van der Waals surface area (Å²) in [5.41, 5.74) is 0. The maximum atomic E-state index is 9.67. The van der Waals surface area contributed by atoms with Crippen molar-refractivity contribution in [1.29, 1.82) is 0 Å². The van der Waals surface area contributed by atoms with Crippen LogP contribution in [0.15, 0.2) is 12.2 Å². The molecule has 0 atom stereocenters. The van der Waals surface area contributed by atoms with Crippen LogP contribution in [0, 0.1) is 0 Å². The smallest absolute Gasteiger partial charge is 0.327 e. The van der Waals surface area contributed by atoms with Crippen LogP contribution in [0.4, 0.5) is 0 Å². The number of carboxylic acids is 1. The van der Waals surface area contributed by atoms with Crippen LogP contribution in [0.5, 0.6) is 0 Å². The molecule has 0 fully saturated rings. The first-order valence-corrected chi connectivity index (χ1v) is 3.17. The Hall–Kier alpha value is -0.830. The highest BCUT2D eigenvalue weighted by atomic mass is 16.4. The van der Waals surface area contributed by atoms with Crippen LogP contribution in [0.2, 0.25) is 0 Å². The van der Waals surface area contributed by atoms with Gasteiger partial charge in [0, 0.05) is 6.08 Å². The van der Waals surface area contributed by atoms with Crippen molar-refractivity contribution in [3.8, 4) is 0 Å². The highest BCUT2D eigenvalue weighted by Crippen LogP contribution is 1.76. The van der Waals surface area contributed by atoms with Gasteiger partial charge in [-0.3, -0.25) is 0 Å². The van der Waals surface area contributed by atoms with Crippen molar-refractivity contribution in [3.63, 3.8) is 0 Å². The minimum absolute atomic E-state index is 0.784. The average Bonchev–Trinajstić information content (AvgIpc) is 1.85. The quantitative estimate of drug-likeness (QED) is 0.567. The van der Waals surface area contributed by atoms with Gasteiger partial charge in [0.2, 0.25) is 0 Å². The Bertz CT molecular complexity index is 99.8. The summed E-state index contributed by atoms with van der Waals surface area (Å²) in [6, 6.07) is 0. The number of rotatable bonds is 2. The van der Waals surface area contributed by atoms with E-state index in [1.807, 2.05) is 21.0 Å². The van der Waals surface area contributed by atoms with Crippen molar-refractivity contribution in [3.05, 3.63) is 12.2 Å². The molecule has 0 aliphatic carbocycles. The van der Waals surface area contributed by atoms with Gasteiger partial charge in [-0.05, 0) is 20.5 Å².